The number of hydrogen-bond donors (Lipinski definition) is 2. The van der Waals surface area contributed by atoms with Gasteiger partial charge in [0.05, 0.1) is 12.6 Å². The molecular formula is C25H32BrN5O. The van der Waals surface area contributed by atoms with Gasteiger partial charge in [-0.3, -0.25) is 0 Å². The number of rotatable bonds is 8. The Labute approximate surface area is 198 Å². The maximum atomic E-state index is 5.48. The summed E-state index contributed by atoms with van der Waals surface area (Å²) in [4.78, 5) is 11.6. The van der Waals surface area contributed by atoms with Gasteiger partial charge in [0.25, 0.3) is 0 Å². The van der Waals surface area contributed by atoms with Gasteiger partial charge in [-0.15, -0.1) is 0 Å². The molecule has 2 N–H and O–H groups in total. The van der Waals surface area contributed by atoms with Crippen molar-refractivity contribution in [1.29, 1.82) is 0 Å². The van der Waals surface area contributed by atoms with Crippen LogP contribution >= 0.6 is 15.9 Å². The third-order valence-corrected chi connectivity index (χ3v) is 6.67. The van der Waals surface area contributed by atoms with Crippen LogP contribution < -0.4 is 20.3 Å². The minimum absolute atomic E-state index is 0.424. The van der Waals surface area contributed by atoms with Crippen LogP contribution in [0.5, 0.6) is 5.75 Å². The lowest BCUT2D eigenvalue weighted by Gasteiger charge is -2.29. The molecule has 0 bridgehead atoms. The summed E-state index contributed by atoms with van der Waals surface area (Å²) in [5.74, 6) is 3.32. The zero-order chi connectivity index (χ0) is 22.5. The Kier molecular flexibility index (Phi) is 7.48. The molecule has 1 aromatic heterocycles. The summed E-state index contributed by atoms with van der Waals surface area (Å²) < 4.78 is 6.56. The van der Waals surface area contributed by atoms with Gasteiger partial charge < -0.3 is 20.3 Å². The van der Waals surface area contributed by atoms with Crippen molar-refractivity contribution in [2.45, 2.75) is 38.3 Å². The Bertz CT molecular complexity index is 1050. The van der Waals surface area contributed by atoms with E-state index < -0.39 is 0 Å². The molecule has 0 atom stereocenters. The zero-order valence-corrected chi connectivity index (χ0v) is 20.7. The van der Waals surface area contributed by atoms with E-state index in [9.17, 15) is 0 Å². The number of aromatic nitrogens is 2. The highest BCUT2D eigenvalue weighted by molar-refractivity contribution is 9.10. The van der Waals surface area contributed by atoms with Gasteiger partial charge in [-0.1, -0.05) is 28.1 Å². The number of benzene rings is 2. The Balaban J connectivity index is 1.30. The molecule has 1 saturated carbocycles. The van der Waals surface area contributed by atoms with Crippen LogP contribution in [0.25, 0.3) is 10.9 Å². The first-order valence-electron chi connectivity index (χ1n) is 11.3. The lowest BCUT2D eigenvalue weighted by Crippen LogP contribution is -2.31. The van der Waals surface area contributed by atoms with Gasteiger partial charge in [0.2, 0.25) is 5.95 Å². The number of nitrogens with one attached hydrogen (secondary N) is 2. The first kappa shape index (κ1) is 22.8. The number of para-hydroxylation sites is 1. The van der Waals surface area contributed by atoms with E-state index in [1.165, 1.54) is 18.4 Å². The molecule has 1 fully saturated rings. The van der Waals surface area contributed by atoms with E-state index in [2.05, 4.69) is 49.7 Å². The summed E-state index contributed by atoms with van der Waals surface area (Å²) in [6.07, 6.45) is 4.68. The molecule has 32 heavy (non-hydrogen) atoms. The van der Waals surface area contributed by atoms with Crippen molar-refractivity contribution in [1.82, 2.24) is 15.3 Å². The van der Waals surface area contributed by atoms with Crippen LogP contribution in [-0.2, 0) is 6.54 Å². The van der Waals surface area contributed by atoms with Gasteiger partial charge in [0.1, 0.15) is 11.6 Å². The maximum absolute atomic E-state index is 5.48. The molecule has 1 aliphatic rings. The molecule has 0 spiro atoms. The molecule has 2 aromatic carbocycles. The normalized spacial score (nSPS) is 18.5. The number of anilines is 2. The minimum Gasteiger partial charge on any atom is -0.496 e. The standard InChI is InChI=1S/C25H32BrN5O/c1-31(2)24-21-6-4-5-7-22(21)29-25(30-24)28-20-11-8-17(9-12-20)15-27-16-18-14-19(26)10-13-23(18)32-3/h4-7,10,13-14,17,20,27H,8-9,11-12,15-16H2,1-3H3,(H,28,29,30). The van der Waals surface area contributed by atoms with E-state index in [1.807, 2.05) is 38.4 Å². The summed E-state index contributed by atoms with van der Waals surface area (Å²) in [7, 11) is 5.78. The Morgan fingerprint density at radius 3 is 2.59 bits per heavy atom. The summed E-state index contributed by atoms with van der Waals surface area (Å²) in [5.41, 5.74) is 2.16. The van der Waals surface area contributed by atoms with Crippen molar-refractivity contribution < 1.29 is 4.74 Å². The highest BCUT2D eigenvalue weighted by atomic mass is 79.9. The Morgan fingerprint density at radius 2 is 1.84 bits per heavy atom. The molecular weight excluding hydrogens is 466 g/mol. The summed E-state index contributed by atoms with van der Waals surface area (Å²) in [6.45, 7) is 1.85. The number of methoxy groups -OCH3 is 1. The number of nitrogens with zero attached hydrogens (tertiary/aromatic N) is 3. The molecule has 1 heterocycles. The van der Waals surface area contributed by atoms with Gasteiger partial charge in [-0.05, 0) is 68.5 Å². The second-order valence-electron chi connectivity index (χ2n) is 8.73. The van der Waals surface area contributed by atoms with Gasteiger partial charge in [0, 0.05) is 42.1 Å². The Morgan fingerprint density at radius 1 is 1.06 bits per heavy atom. The maximum Gasteiger partial charge on any atom is 0.225 e. The van der Waals surface area contributed by atoms with Crippen LogP contribution in [0.15, 0.2) is 46.9 Å². The van der Waals surface area contributed by atoms with E-state index in [0.717, 1.165) is 58.8 Å². The van der Waals surface area contributed by atoms with Crippen molar-refractivity contribution in [3.05, 3.63) is 52.5 Å². The molecule has 7 heteroatoms. The van der Waals surface area contributed by atoms with Crippen molar-refractivity contribution in [3.8, 4) is 5.75 Å². The molecule has 0 unspecified atom stereocenters. The molecule has 0 aliphatic heterocycles. The summed E-state index contributed by atoms with van der Waals surface area (Å²) in [5, 5.41) is 8.31. The monoisotopic (exact) mass is 497 g/mol. The van der Waals surface area contributed by atoms with Gasteiger partial charge >= 0.3 is 0 Å². The van der Waals surface area contributed by atoms with Crippen LogP contribution in [0, 0.1) is 5.92 Å². The number of ether oxygens (including phenoxy) is 1. The van der Waals surface area contributed by atoms with Gasteiger partial charge in [0.15, 0.2) is 0 Å². The molecule has 4 rings (SSSR count). The molecule has 1 aliphatic carbocycles. The Hall–Kier alpha value is -2.38. The fraction of sp³-hybridized carbons (Fsp3) is 0.440. The summed E-state index contributed by atoms with van der Waals surface area (Å²) in [6, 6.07) is 14.8. The van der Waals surface area contributed by atoms with Crippen LogP contribution in [0.3, 0.4) is 0 Å². The second kappa shape index (κ2) is 10.5. The van der Waals surface area contributed by atoms with E-state index >= 15 is 0 Å². The number of hydrogen-bond acceptors (Lipinski definition) is 6. The first-order valence-corrected chi connectivity index (χ1v) is 12.1. The van der Waals surface area contributed by atoms with Crippen molar-refractivity contribution in [2.24, 2.45) is 5.92 Å². The lowest BCUT2D eigenvalue weighted by atomic mass is 9.86. The fourth-order valence-electron chi connectivity index (χ4n) is 4.46. The van der Waals surface area contributed by atoms with E-state index in [4.69, 9.17) is 14.7 Å². The van der Waals surface area contributed by atoms with Crippen LogP contribution in [0.2, 0.25) is 0 Å². The van der Waals surface area contributed by atoms with Crippen molar-refractivity contribution in [3.63, 3.8) is 0 Å². The lowest BCUT2D eigenvalue weighted by molar-refractivity contribution is 0.322. The second-order valence-corrected chi connectivity index (χ2v) is 9.65. The SMILES string of the molecule is COc1ccc(Br)cc1CNCC1CCC(Nc2nc(N(C)C)c3ccccc3n2)CC1. The highest BCUT2D eigenvalue weighted by Gasteiger charge is 2.22. The zero-order valence-electron chi connectivity index (χ0n) is 19.1. The molecule has 0 amide bonds. The predicted octanol–water partition coefficient (Wildman–Crippen LogP) is 5.23. The molecule has 0 saturated heterocycles. The first-order chi connectivity index (χ1) is 15.5. The highest BCUT2D eigenvalue weighted by Crippen LogP contribution is 2.28. The average molecular weight is 498 g/mol. The summed E-state index contributed by atoms with van der Waals surface area (Å²) >= 11 is 3.55. The van der Waals surface area contributed by atoms with Crippen LogP contribution in [0.4, 0.5) is 11.8 Å². The molecule has 6 nitrogen and oxygen atoms in total. The average Bonchev–Trinajstić information content (AvgIpc) is 2.80. The van der Waals surface area contributed by atoms with Gasteiger partial charge in [-0.2, -0.15) is 4.98 Å². The van der Waals surface area contributed by atoms with Gasteiger partial charge in [-0.25, -0.2) is 4.98 Å². The number of halogens is 1. The van der Waals surface area contributed by atoms with Crippen molar-refractivity contribution in [2.75, 3.05) is 38.0 Å². The third kappa shape index (κ3) is 5.51. The van der Waals surface area contributed by atoms with E-state index in [0.29, 0.717) is 12.0 Å². The van der Waals surface area contributed by atoms with Crippen LogP contribution in [0.1, 0.15) is 31.2 Å². The number of fused-ring (bicyclic) bond motifs is 1. The van der Waals surface area contributed by atoms with E-state index in [1.54, 1.807) is 7.11 Å². The molecule has 170 valence electrons. The van der Waals surface area contributed by atoms with Crippen molar-refractivity contribution >= 4 is 38.6 Å². The quantitative estimate of drug-likeness (QED) is 0.444. The largest absolute Gasteiger partial charge is 0.496 e. The fourth-order valence-corrected chi connectivity index (χ4v) is 4.86. The minimum atomic E-state index is 0.424. The molecule has 3 aromatic rings. The molecule has 0 radical (unpaired) electrons. The smallest absolute Gasteiger partial charge is 0.225 e. The van der Waals surface area contributed by atoms with E-state index in [-0.39, 0.29) is 0 Å². The van der Waals surface area contributed by atoms with Crippen LogP contribution in [-0.4, -0.2) is 43.8 Å². The third-order valence-electron chi connectivity index (χ3n) is 6.18. The predicted molar refractivity (Wildman–Crippen MR) is 136 cm³/mol. The topological polar surface area (TPSA) is 62.3 Å².